The van der Waals surface area contributed by atoms with E-state index in [-0.39, 0.29) is 5.41 Å². The highest BCUT2D eigenvalue weighted by molar-refractivity contribution is 7.91. The lowest BCUT2D eigenvalue weighted by atomic mass is 9.84. The van der Waals surface area contributed by atoms with Crippen molar-refractivity contribution in [3.8, 4) is 0 Å². The molecule has 2 rings (SSSR count). The highest BCUT2D eigenvalue weighted by Crippen LogP contribution is 2.36. The van der Waals surface area contributed by atoms with Crippen LogP contribution >= 0.6 is 0 Å². The number of hydrogen-bond donors (Lipinski definition) is 1. The van der Waals surface area contributed by atoms with E-state index in [9.17, 15) is 8.42 Å². The monoisotopic (exact) mass is 189 g/mol. The van der Waals surface area contributed by atoms with Crippen molar-refractivity contribution in [1.82, 2.24) is 5.32 Å². The van der Waals surface area contributed by atoms with E-state index in [1.165, 1.54) is 0 Å². The average molecular weight is 189 g/mol. The SMILES string of the molecule is O=S1(=O)CCC[C@]2(CCNC2)C1. The van der Waals surface area contributed by atoms with Gasteiger partial charge in [0.1, 0.15) is 0 Å². The summed E-state index contributed by atoms with van der Waals surface area (Å²) in [5, 5.41) is 3.26. The van der Waals surface area contributed by atoms with Gasteiger partial charge in [0, 0.05) is 6.54 Å². The van der Waals surface area contributed by atoms with Crippen LogP contribution in [0.5, 0.6) is 0 Å². The minimum atomic E-state index is -2.71. The van der Waals surface area contributed by atoms with Crippen LogP contribution in [0.1, 0.15) is 19.3 Å². The standard InChI is InChI=1S/C8H15NO2S/c10-12(11)5-1-2-8(7-12)3-4-9-6-8/h9H,1-7H2/t8-/m1/s1. The third-order valence-electron chi connectivity index (χ3n) is 3.02. The van der Waals surface area contributed by atoms with Crippen molar-refractivity contribution in [2.75, 3.05) is 24.6 Å². The summed E-state index contributed by atoms with van der Waals surface area (Å²) in [5.74, 6) is 0.835. The first-order valence-corrected chi connectivity index (χ1v) is 6.35. The fourth-order valence-corrected chi connectivity index (χ4v) is 4.46. The van der Waals surface area contributed by atoms with Crippen LogP contribution in [0.2, 0.25) is 0 Å². The Labute approximate surface area is 73.5 Å². The first-order valence-electron chi connectivity index (χ1n) is 4.53. The Kier molecular flexibility index (Phi) is 1.92. The molecule has 70 valence electrons. The highest BCUT2D eigenvalue weighted by Gasteiger charge is 2.40. The molecule has 0 aromatic carbocycles. The van der Waals surface area contributed by atoms with Crippen LogP contribution in [0.25, 0.3) is 0 Å². The molecule has 2 aliphatic heterocycles. The van der Waals surface area contributed by atoms with Gasteiger partial charge in [-0.3, -0.25) is 0 Å². The van der Waals surface area contributed by atoms with E-state index in [1.54, 1.807) is 0 Å². The Morgan fingerprint density at radius 1 is 1.25 bits per heavy atom. The lowest BCUT2D eigenvalue weighted by molar-refractivity contribution is 0.320. The molecule has 0 saturated carbocycles. The number of rotatable bonds is 0. The summed E-state index contributed by atoms with van der Waals surface area (Å²) in [7, 11) is -2.71. The third kappa shape index (κ3) is 1.50. The normalized spacial score (nSPS) is 40.3. The van der Waals surface area contributed by atoms with Gasteiger partial charge in [-0.1, -0.05) is 0 Å². The second-order valence-electron chi connectivity index (χ2n) is 4.12. The molecule has 12 heavy (non-hydrogen) atoms. The minimum Gasteiger partial charge on any atom is -0.316 e. The second kappa shape index (κ2) is 2.70. The molecule has 0 bridgehead atoms. The molecule has 0 amide bonds. The van der Waals surface area contributed by atoms with E-state index < -0.39 is 9.84 Å². The molecule has 2 saturated heterocycles. The summed E-state index contributed by atoms with van der Waals surface area (Å²) in [6.07, 6.45) is 3.01. The van der Waals surface area contributed by atoms with Crippen molar-refractivity contribution >= 4 is 9.84 Å². The van der Waals surface area contributed by atoms with E-state index in [0.29, 0.717) is 11.5 Å². The van der Waals surface area contributed by atoms with Gasteiger partial charge in [0.05, 0.1) is 11.5 Å². The first kappa shape index (κ1) is 8.51. The fraction of sp³-hybridized carbons (Fsp3) is 1.00. The zero-order valence-electron chi connectivity index (χ0n) is 7.17. The summed E-state index contributed by atoms with van der Waals surface area (Å²) in [5.41, 5.74) is 0.108. The molecule has 0 aromatic rings. The summed E-state index contributed by atoms with van der Waals surface area (Å²) in [4.78, 5) is 0. The zero-order chi connectivity index (χ0) is 8.66. The zero-order valence-corrected chi connectivity index (χ0v) is 7.99. The summed E-state index contributed by atoms with van der Waals surface area (Å²) < 4.78 is 22.8. The highest BCUT2D eigenvalue weighted by atomic mass is 32.2. The van der Waals surface area contributed by atoms with E-state index in [2.05, 4.69) is 5.32 Å². The van der Waals surface area contributed by atoms with Gasteiger partial charge < -0.3 is 5.32 Å². The second-order valence-corrected chi connectivity index (χ2v) is 6.31. The van der Waals surface area contributed by atoms with Crippen LogP contribution < -0.4 is 5.32 Å². The van der Waals surface area contributed by atoms with Gasteiger partial charge in [0.25, 0.3) is 0 Å². The van der Waals surface area contributed by atoms with Crippen molar-refractivity contribution in [2.24, 2.45) is 5.41 Å². The maximum absolute atomic E-state index is 11.4. The van der Waals surface area contributed by atoms with Gasteiger partial charge >= 0.3 is 0 Å². The van der Waals surface area contributed by atoms with E-state index in [4.69, 9.17) is 0 Å². The minimum absolute atomic E-state index is 0.108. The molecule has 0 unspecified atom stereocenters. The molecule has 3 nitrogen and oxygen atoms in total. The van der Waals surface area contributed by atoms with E-state index >= 15 is 0 Å². The number of sulfone groups is 1. The van der Waals surface area contributed by atoms with Gasteiger partial charge in [-0.2, -0.15) is 0 Å². The molecule has 1 atom stereocenters. The van der Waals surface area contributed by atoms with Crippen LogP contribution in [0, 0.1) is 5.41 Å². The van der Waals surface area contributed by atoms with Crippen LogP contribution in [0.4, 0.5) is 0 Å². The Morgan fingerprint density at radius 3 is 2.67 bits per heavy atom. The molecule has 0 aromatic heterocycles. The Hall–Kier alpha value is -0.0900. The molecule has 0 aliphatic carbocycles. The summed E-state index contributed by atoms with van der Waals surface area (Å²) in [6.45, 7) is 1.90. The van der Waals surface area contributed by atoms with E-state index in [0.717, 1.165) is 32.4 Å². The molecule has 4 heteroatoms. The van der Waals surface area contributed by atoms with Crippen molar-refractivity contribution < 1.29 is 8.42 Å². The molecule has 2 aliphatic rings. The number of nitrogens with one attached hydrogen (secondary N) is 1. The maximum Gasteiger partial charge on any atom is 0.150 e. The van der Waals surface area contributed by atoms with Gasteiger partial charge in [-0.05, 0) is 31.2 Å². The topological polar surface area (TPSA) is 46.2 Å². The predicted molar refractivity (Wildman–Crippen MR) is 47.8 cm³/mol. The molecule has 0 radical (unpaired) electrons. The molecular formula is C8H15NO2S. The van der Waals surface area contributed by atoms with Crippen LogP contribution in [0.15, 0.2) is 0 Å². The Bertz CT molecular complexity index is 265. The quantitative estimate of drug-likeness (QED) is 0.591. The largest absolute Gasteiger partial charge is 0.316 e. The van der Waals surface area contributed by atoms with Crippen molar-refractivity contribution in [1.29, 1.82) is 0 Å². The lowest BCUT2D eigenvalue weighted by Gasteiger charge is -2.31. The van der Waals surface area contributed by atoms with Crippen molar-refractivity contribution in [2.45, 2.75) is 19.3 Å². The lowest BCUT2D eigenvalue weighted by Crippen LogP contribution is -2.37. The molecule has 2 fully saturated rings. The molecule has 2 heterocycles. The number of hydrogen-bond acceptors (Lipinski definition) is 3. The van der Waals surface area contributed by atoms with Crippen LogP contribution in [-0.4, -0.2) is 33.0 Å². The predicted octanol–water partition coefficient (Wildman–Crippen LogP) is 0.175. The summed E-state index contributed by atoms with van der Waals surface area (Å²) in [6, 6.07) is 0. The van der Waals surface area contributed by atoms with Crippen molar-refractivity contribution in [3.63, 3.8) is 0 Å². The Morgan fingerprint density at radius 2 is 2.08 bits per heavy atom. The van der Waals surface area contributed by atoms with Crippen LogP contribution in [-0.2, 0) is 9.84 Å². The smallest absolute Gasteiger partial charge is 0.150 e. The van der Waals surface area contributed by atoms with Crippen molar-refractivity contribution in [3.05, 3.63) is 0 Å². The molecule has 1 spiro atoms. The maximum atomic E-state index is 11.4. The average Bonchev–Trinajstić information content (AvgIpc) is 2.34. The summed E-state index contributed by atoms with van der Waals surface area (Å²) >= 11 is 0. The first-order chi connectivity index (χ1) is 5.62. The van der Waals surface area contributed by atoms with Gasteiger partial charge in [0.2, 0.25) is 0 Å². The Balaban J connectivity index is 2.17. The molecular weight excluding hydrogens is 174 g/mol. The third-order valence-corrected chi connectivity index (χ3v) is 4.98. The van der Waals surface area contributed by atoms with Crippen LogP contribution in [0.3, 0.4) is 0 Å². The fourth-order valence-electron chi connectivity index (χ4n) is 2.41. The van der Waals surface area contributed by atoms with Gasteiger partial charge in [0.15, 0.2) is 9.84 Å². The van der Waals surface area contributed by atoms with Gasteiger partial charge in [-0.15, -0.1) is 0 Å². The molecule has 1 N–H and O–H groups in total. The van der Waals surface area contributed by atoms with E-state index in [1.807, 2.05) is 0 Å². The van der Waals surface area contributed by atoms with Gasteiger partial charge in [-0.25, -0.2) is 8.42 Å².